The molecule has 0 saturated heterocycles. The van der Waals surface area contributed by atoms with Gasteiger partial charge in [0.1, 0.15) is 5.82 Å². The van der Waals surface area contributed by atoms with Crippen LogP contribution in [0, 0.1) is 10.1 Å². The molecule has 0 spiro atoms. The molecule has 104 valence electrons. The second-order valence-electron chi connectivity index (χ2n) is 4.38. The van der Waals surface area contributed by atoms with E-state index < -0.39 is 4.92 Å². The van der Waals surface area contributed by atoms with E-state index in [2.05, 4.69) is 29.4 Å². The van der Waals surface area contributed by atoms with Crippen molar-refractivity contribution in [2.45, 2.75) is 19.9 Å². The van der Waals surface area contributed by atoms with Gasteiger partial charge in [0.15, 0.2) is 0 Å². The van der Waals surface area contributed by atoms with Crippen LogP contribution in [0.1, 0.15) is 18.1 Å². The average molecular weight is 272 g/mol. The van der Waals surface area contributed by atoms with Gasteiger partial charge in [0, 0.05) is 12.6 Å². The SMILES string of the molecule is CCc1ccc(CNc2ccc([N+](=O)[O-])c(N)n2)cc1. The van der Waals surface area contributed by atoms with Crippen LogP contribution in [0.25, 0.3) is 0 Å². The average Bonchev–Trinajstić information content (AvgIpc) is 2.45. The molecule has 20 heavy (non-hydrogen) atoms. The lowest BCUT2D eigenvalue weighted by Crippen LogP contribution is -2.04. The van der Waals surface area contributed by atoms with Crippen molar-refractivity contribution in [1.29, 1.82) is 0 Å². The van der Waals surface area contributed by atoms with Gasteiger partial charge in [0.25, 0.3) is 0 Å². The summed E-state index contributed by atoms with van der Waals surface area (Å²) in [7, 11) is 0. The molecule has 0 fully saturated rings. The van der Waals surface area contributed by atoms with E-state index in [1.807, 2.05) is 12.1 Å². The van der Waals surface area contributed by atoms with Crippen LogP contribution in [0.2, 0.25) is 0 Å². The molecule has 0 amide bonds. The number of anilines is 2. The van der Waals surface area contributed by atoms with Crippen molar-refractivity contribution < 1.29 is 4.92 Å². The standard InChI is InChI=1S/C14H16N4O2/c1-2-10-3-5-11(6-4-10)9-16-13-8-7-12(18(19)20)14(15)17-13/h3-8H,2,9H2,1H3,(H3,15,16,17). The van der Waals surface area contributed by atoms with Crippen molar-refractivity contribution in [1.82, 2.24) is 4.98 Å². The first-order valence-electron chi connectivity index (χ1n) is 6.32. The quantitative estimate of drug-likeness (QED) is 0.644. The smallest absolute Gasteiger partial charge is 0.311 e. The third kappa shape index (κ3) is 3.23. The topological polar surface area (TPSA) is 94.1 Å². The second-order valence-corrected chi connectivity index (χ2v) is 4.38. The van der Waals surface area contributed by atoms with Crippen molar-refractivity contribution in [3.8, 4) is 0 Å². The Labute approximate surface area is 116 Å². The Bertz CT molecular complexity index is 611. The summed E-state index contributed by atoms with van der Waals surface area (Å²) in [6.45, 7) is 2.70. The zero-order valence-electron chi connectivity index (χ0n) is 11.2. The highest BCUT2D eigenvalue weighted by atomic mass is 16.6. The van der Waals surface area contributed by atoms with Crippen LogP contribution in [0.5, 0.6) is 0 Å². The molecule has 3 N–H and O–H groups in total. The number of pyridine rings is 1. The molecule has 0 unspecified atom stereocenters. The van der Waals surface area contributed by atoms with E-state index >= 15 is 0 Å². The van der Waals surface area contributed by atoms with Crippen LogP contribution in [-0.4, -0.2) is 9.91 Å². The van der Waals surface area contributed by atoms with Gasteiger partial charge in [-0.2, -0.15) is 0 Å². The number of benzene rings is 1. The molecular formula is C14H16N4O2. The monoisotopic (exact) mass is 272 g/mol. The summed E-state index contributed by atoms with van der Waals surface area (Å²) < 4.78 is 0. The van der Waals surface area contributed by atoms with Gasteiger partial charge < -0.3 is 11.1 Å². The van der Waals surface area contributed by atoms with Crippen LogP contribution >= 0.6 is 0 Å². The molecule has 1 aromatic heterocycles. The molecule has 1 aromatic carbocycles. The number of nitrogens with two attached hydrogens (primary N) is 1. The maximum absolute atomic E-state index is 10.6. The molecule has 1 heterocycles. The summed E-state index contributed by atoms with van der Waals surface area (Å²) in [5.41, 5.74) is 7.75. The number of hydrogen-bond acceptors (Lipinski definition) is 5. The van der Waals surface area contributed by atoms with Crippen LogP contribution in [0.15, 0.2) is 36.4 Å². The molecule has 2 rings (SSSR count). The van der Waals surface area contributed by atoms with Gasteiger partial charge in [-0.1, -0.05) is 31.2 Å². The molecule has 0 aliphatic rings. The Kier molecular flexibility index (Phi) is 4.14. The Hall–Kier alpha value is -2.63. The Morgan fingerprint density at radius 2 is 1.85 bits per heavy atom. The van der Waals surface area contributed by atoms with E-state index in [9.17, 15) is 10.1 Å². The van der Waals surface area contributed by atoms with E-state index in [-0.39, 0.29) is 11.5 Å². The fourth-order valence-corrected chi connectivity index (χ4v) is 1.81. The fraction of sp³-hybridized carbons (Fsp3) is 0.214. The van der Waals surface area contributed by atoms with Gasteiger partial charge in [-0.15, -0.1) is 0 Å². The molecular weight excluding hydrogens is 256 g/mol. The maximum atomic E-state index is 10.6. The Balaban J connectivity index is 2.03. The Morgan fingerprint density at radius 3 is 2.40 bits per heavy atom. The minimum atomic E-state index is -0.546. The summed E-state index contributed by atoms with van der Waals surface area (Å²) in [6, 6.07) is 11.1. The molecule has 0 saturated carbocycles. The highest BCUT2D eigenvalue weighted by molar-refractivity contribution is 5.57. The second kappa shape index (κ2) is 6.01. The van der Waals surface area contributed by atoms with Crippen LogP contribution in [0.3, 0.4) is 0 Å². The van der Waals surface area contributed by atoms with Gasteiger partial charge in [0.2, 0.25) is 5.82 Å². The molecule has 0 atom stereocenters. The first-order valence-corrected chi connectivity index (χ1v) is 6.32. The van der Waals surface area contributed by atoms with E-state index in [0.717, 1.165) is 12.0 Å². The summed E-state index contributed by atoms with van der Waals surface area (Å²) in [5, 5.41) is 13.7. The minimum absolute atomic E-state index is 0.0821. The highest BCUT2D eigenvalue weighted by Crippen LogP contribution is 2.21. The number of nitro groups is 1. The lowest BCUT2D eigenvalue weighted by molar-refractivity contribution is -0.384. The number of nitrogens with one attached hydrogen (secondary N) is 1. The van der Waals surface area contributed by atoms with Crippen LogP contribution < -0.4 is 11.1 Å². The molecule has 0 bridgehead atoms. The number of hydrogen-bond donors (Lipinski definition) is 2. The fourth-order valence-electron chi connectivity index (χ4n) is 1.81. The lowest BCUT2D eigenvalue weighted by atomic mass is 10.1. The number of nitrogens with zero attached hydrogens (tertiary/aromatic N) is 2. The van der Waals surface area contributed by atoms with E-state index in [1.165, 1.54) is 11.6 Å². The lowest BCUT2D eigenvalue weighted by Gasteiger charge is -2.07. The van der Waals surface area contributed by atoms with E-state index in [1.54, 1.807) is 6.07 Å². The number of rotatable bonds is 5. The van der Waals surface area contributed by atoms with Crippen LogP contribution in [-0.2, 0) is 13.0 Å². The van der Waals surface area contributed by atoms with Crippen molar-refractivity contribution in [2.24, 2.45) is 0 Å². The van der Waals surface area contributed by atoms with Gasteiger partial charge in [0.05, 0.1) is 4.92 Å². The highest BCUT2D eigenvalue weighted by Gasteiger charge is 2.12. The first-order chi connectivity index (χ1) is 9.60. The molecule has 0 radical (unpaired) electrons. The molecule has 6 heteroatoms. The van der Waals surface area contributed by atoms with Gasteiger partial charge >= 0.3 is 5.69 Å². The summed E-state index contributed by atoms with van der Waals surface area (Å²) in [4.78, 5) is 14.1. The summed E-state index contributed by atoms with van der Waals surface area (Å²) >= 11 is 0. The van der Waals surface area contributed by atoms with Crippen LogP contribution in [0.4, 0.5) is 17.3 Å². The third-order valence-electron chi connectivity index (χ3n) is 3.00. The van der Waals surface area contributed by atoms with Crippen molar-refractivity contribution >= 4 is 17.3 Å². The third-order valence-corrected chi connectivity index (χ3v) is 3.00. The summed E-state index contributed by atoms with van der Waals surface area (Å²) in [5.74, 6) is 0.439. The number of aryl methyl sites for hydroxylation is 1. The zero-order valence-corrected chi connectivity index (χ0v) is 11.2. The minimum Gasteiger partial charge on any atom is -0.378 e. The zero-order chi connectivity index (χ0) is 14.5. The molecule has 0 aliphatic heterocycles. The molecule has 6 nitrogen and oxygen atoms in total. The van der Waals surface area contributed by atoms with Crippen molar-refractivity contribution in [3.63, 3.8) is 0 Å². The Morgan fingerprint density at radius 1 is 1.20 bits per heavy atom. The van der Waals surface area contributed by atoms with E-state index in [4.69, 9.17) is 5.73 Å². The van der Waals surface area contributed by atoms with E-state index in [0.29, 0.717) is 12.4 Å². The first kappa shape index (κ1) is 13.8. The van der Waals surface area contributed by atoms with Gasteiger partial charge in [-0.3, -0.25) is 10.1 Å². The molecule has 0 aliphatic carbocycles. The predicted molar refractivity (Wildman–Crippen MR) is 78.5 cm³/mol. The number of nitrogen functional groups attached to an aromatic ring is 1. The normalized spacial score (nSPS) is 10.2. The number of aromatic nitrogens is 1. The largest absolute Gasteiger partial charge is 0.378 e. The van der Waals surface area contributed by atoms with Gasteiger partial charge in [-0.25, -0.2) is 4.98 Å². The van der Waals surface area contributed by atoms with Crippen molar-refractivity contribution in [2.75, 3.05) is 11.1 Å². The maximum Gasteiger partial charge on any atom is 0.311 e. The summed E-state index contributed by atoms with van der Waals surface area (Å²) in [6.07, 6.45) is 1.01. The molecule has 2 aromatic rings. The van der Waals surface area contributed by atoms with Gasteiger partial charge in [-0.05, 0) is 23.6 Å². The van der Waals surface area contributed by atoms with Crippen molar-refractivity contribution in [3.05, 3.63) is 57.6 Å². The predicted octanol–water partition coefficient (Wildman–Crippen LogP) is 2.75.